The molecule has 1 heterocycles. The van der Waals surface area contributed by atoms with E-state index in [-0.39, 0.29) is 18.4 Å². The monoisotopic (exact) mass is 432 g/mol. The summed E-state index contributed by atoms with van der Waals surface area (Å²) in [6.45, 7) is 3.83. The number of rotatable bonds is 8. The molecule has 0 fully saturated rings. The summed E-state index contributed by atoms with van der Waals surface area (Å²) in [5, 5.41) is 6.76. The number of benzene rings is 2. The SMILES string of the molecule is COc1cc(/C=N/NC(=O)c2ccncc2)ccc1OCC(=O)Nc1ccc(C)c(C)c1. The van der Waals surface area contributed by atoms with Crippen LogP contribution in [0.5, 0.6) is 11.5 Å². The van der Waals surface area contributed by atoms with Crippen molar-refractivity contribution in [3.05, 3.63) is 83.2 Å². The Bertz CT molecular complexity index is 1130. The van der Waals surface area contributed by atoms with Crippen molar-refractivity contribution in [2.24, 2.45) is 5.10 Å². The lowest BCUT2D eigenvalue weighted by Gasteiger charge is -2.12. The van der Waals surface area contributed by atoms with E-state index >= 15 is 0 Å². The summed E-state index contributed by atoms with van der Waals surface area (Å²) in [6, 6.07) is 14.0. The van der Waals surface area contributed by atoms with E-state index in [0.29, 0.717) is 28.3 Å². The summed E-state index contributed by atoms with van der Waals surface area (Å²) in [6.07, 6.45) is 4.55. The summed E-state index contributed by atoms with van der Waals surface area (Å²) in [5.74, 6) is 0.235. The Balaban J connectivity index is 1.56. The second-order valence-electron chi connectivity index (χ2n) is 6.98. The second-order valence-corrected chi connectivity index (χ2v) is 6.98. The third-order valence-electron chi connectivity index (χ3n) is 4.66. The molecule has 1 aromatic heterocycles. The van der Waals surface area contributed by atoms with Crippen molar-refractivity contribution in [3.8, 4) is 11.5 Å². The number of carbonyl (C=O) groups is 2. The smallest absolute Gasteiger partial charge is 0.271 e. The summed E-state index contributed by atoms with van der Waals surface area (Å²) < 4.78 is 11.0. The van der Waals surface area contributed by atoms with Crippen LogP contribution in [0, 0.1) is 13.8 Å². The van der Waals surface area contributed by atoms with Gasteiger partial charge in [0.1, 0.15) is 0 Å². The molecule has 3 rings (SSSR count). The Morgan fingerprint density at radius 3 is 2.50 bits per heavy atom. The van der Waals surface area contributed by atoms with E-state index in [1.54, 1.807) is 30.3 Å². The number of aromatic nitrogens is 1. The van der Waals surface area contributed by atoms with Gasteiger partial charge in [-0.15, -0.1) is 0 Å². The minimum absolute atomic E-state index is 0.168. The van der Waals surface area contributed by atoms with Crippen LogP contribution in [-0.2, 0) is 4.79 Å². The van der Waals surface area contributed by atoms with E-state index in [2.05, 4.69) is 20.8 Å². The van der Waals surface area contributed by atoms with Gasteiger partial charge >= 0.3 is 0 Å². The third kappa shape index (κ3) is 6.15. The van der Waals surface area contributed by atoms with Crippen molar-refractivity contribution in [3.63, 3.8) is 0 Å². The van der Waals surface area contributed by atoms with Gasteiger partial charge in [-0.3, -0.25) is 14.6 Å². The van der Waals surface area contributed by atoms with Gasteiger partial charge in [-0.2, -0.15) is 5.10 Å². The van der Waals surface area contributed by atoms with Crippen molar-refractivity contribution in [1.82, 2.24) is 10.4 Å². The normalized spacial score (nSPS) is 10.6. The minimum Gasteiger partial charge on any atom is -0.493 e. The molecular formula is C24H24N4O4. The molecule has 0 spiro atoms. The number of hydrogen-bond donors (Lipinski definition) is 2. The largest absolute Gasteiger partial charge is 0.493 e. The summed E-state index contributed by atoms with van der Waals surface area (Å²) in [7, 11) is 1.50. The summed E-state index contributed by atoms with van der Waals surface area (Å²) in [4.78, 5) is 28.1. The number of pyridine rings is 1. The van der Waals surface area contributed by atoms with Crippen LogP contribution in [0.4, 0.5) is 5.69 Å². The maximum absolute atomic E-state index is 12.2. The molecule has 2 N–H and O–H groups in total. The number of nitrogens with one attached hydrogen (secondary N) is 2. The predicted molar refractivity (Wildman–Crippen MR) is 122 cm³/mol. The van der Waals surface area contributed by atoms with Crippen LogP contribution in [0.25, 0.3) is 0 Å². The van der Waals surface area contributed by atoms with Gasteiger partial charge in [0.2, 0.25) is 0 Å². The van der Waals surface area contributed by atoms with E-state index in [0.717, 1.165) is 11.1 Å². The molecule has 0 radical (unpaired) electrons. The first kappa shape index (κ1) is 22.5. The minimum atomic E-state index is -0.342. The molecule has 3 aromatic rings. The highest BCUT2D eigenvalue weighted by Gasteiger charge is 2.09. The molecule has 2 aromatic carbocycles. The Hall–Kier alpha value is -4.20. The average molecular weight is 432 g/mol. The Kier molecular flexibility index (Phi) is 7.53. The van der Waals surface area contributed by atoms with Gasteiger partial charge in [-0.1, -0.05) is 6.07 Å². The number of aryl methyl sites for hydroxylation is 2. The van der Waals surface area contributed by atoms with Gasteiger partial charge in [0.15, 0.2) is 18.1 Å². The van der Waals surface area contributed by atoms with Gasteiger partial charge in [0.25, 0.3) is 11.8 Å². The predicted octanol–water partition coefficient (Wildman–Crippen LogP) is 3.49. The third-order valence-corrected chi connectivity index (χ3v) is 4.66. The lowest BCUT2D eigenvalue weighted by atomic mass is 10.1. The fourth-order valence-electron chi connectivity index (χ4n) is 2.78. The Labute approximate surface area is 186 Å². The van der Waals surface area contributed by atoms with E-state index in [9.17, 15) is 9.59 Å². The van der Waals surface area contributed by atoms with Gasteiger partial charge in [-0.25, -0.2) is 5.43 Å². The van der Waals surface area contributed by atoms with Crippen molar-refractivity contribution in [2.75, 3.05) is 19.0 Å². The molecule has 32 heavy (non-hydrogen) atoms. The molecule has 0 saturated carbocycles. The van der Waals surface area contributed by atoms with Crippen LogP contribution < -0.4 is 20.2 Å². The van der Waals surface area contributed by atoms with E-state index in [1.165, 1.54) is 25.7 Å². The quantitative estimate of drug-likeness (QED) is 0.419. The molecule has 0 saturated heterocycles. The van der Waals surface area contributed by atoms with Crippen LogP contribution >= 0.6 is 0 Å². The maximum Gasteiger partial charge on any atom is 0.271 e. The molecule has 8 nitrogen and oxygen atoms in total. The van der Waals surface area contributed by atoms with Crippen molar-refractivity contribution in [2.45, 2.75) is 13.8 Å². The molecule has 0 aliphatic rings. The molecule has 0 aliphatic carbocycles. The van der Waals surface area contributed by atoms with Crippen LogP contribution in [0.3, 0.4) is 0 Å². The zero-order valence-electron chi connectivity index (χ0n) is 18.1. The molecular weight excluding hydrogens is 408 g/mol. The van der Waals surface area contributed by atoms with Crippen LogP contribution in [0.1, 0.15) is 27.0 Å². The Morgan fingerprint density at radius 1 is 1.00 bits per heavy atom. The van der Waals surface area contributed by atoms with E-state index in [1.807, 2.05) is 32.0 Å². The summed E-state index contributed by atoms with van der Waals surface area (Å²) >= 11 is 0. The standard InChI is InChI=1S/C24H24N4O4/c1-16-4-6-20(12-17(16)2)27-23(29)15-32-21-7-5-18(13-22(21)31-3)14-26-28-24(30)19-8-10-25-11-9-19/h4-14H,15H2,1-3H3,(H,27,29)(H,28,30)/b26-14+. The first-order valence-corrected chi connectivity index (χ1v) is 9.87. The number of ether oxygens (including phenoxy) is 2. The van der Waals surface area contributed by atoms with Gasteiger partial charge < -0.3 is 14.8 Å². The lowest BCUT2D eigenvalue weighted by molar-refractivity contribution is -0.118. The Morgan fingerprint density at radius 2 is 1.78 bits per heavy atom. The highest BCUT2D eigenvalue weighted by molar-refractivity contribution is 5.94. The molecule has 8 heteroatoms. The fourth-order valence-corrected chi connectivity index (χ4v) is 2.78. The number of nitrogens with zero attached hydrogens (tertiary/aromatic N) is 2. The number of hydrogen-bond acceptors (Lipinski definition) is 6. The van der Waals surface area contributed by atoms with Crippen LogP contribution in [-0.4, -0.2) is 36.7 Å². The highest BCUT2D eigenvalue weighted by atomic mass is 16.5. The second kappa shape index (κ2) is 10.7. The zero-order valence-corrected chi connectivity index (χ0v) is 18.1. The van der Waals surface area contributed by atoms with Crippen molar-refractivity contribution < 1.29 is 19.1 Å². The van der Waals surface area contributed by atoms with Gasteiger partial charge in [-0.05, 0) is 73.0 Å². The van der Waals surface area contributed by atoms with Crippen molar-refractivity contribution in [1.29, 1.82) is 0 Å². The number of amides is 2. The number of methoxy groups -OCH3 is 1. The molecule has 0 unspecified atom stereocenters. The van der Waals surface area contributed by atoms with Crippen molar-refractivity contribution >= 4 is 23.7 Å². The van der Waals surface area contributed by atoms with Gasteiger partial charge in [0.05, 0.1) is 13.3 Å². The van der Waals surface area contributed by atoms with Crippen LogP contribution in [0.15, 0.2) is 66.0 Å². The lowest BCUT2D eigenvalue weighted by Crippen LogP contribution is -2.20. The van der Waals surface area contributed by atoms with Gasteiger partial charge in [0, 0.05) is 23.6 Å². The topological polar surface area (TPSA) is 102 Å². The molecule has 0 bridgehead atoms. The van der Waals surface area contributed by atoms with E-state index in [4.69, 9.17) is 9.47 Å². The molecule has 2 amide bonds. The van der Waals surface area contributed by atoms with E-state index < -0.39 is 0 Å². The highest BCUT2D eigenvalue weighted by Crippen LogP contribution is 2.27. The fraction of sp³-hybridized carbons (Fsp3) is 0.167. The zero-order chi connectivity index (χ0) is 22.9. The maximum atomic E-state index is 12.2. The number of hydrazone groups is 1. The summed E-state index contributed by atoms with van der Waals surface area (Å²) in [5.41, 5.74) is 6.56. The molecule has 0 aliphatic heterocycles. The first-order valence-electron chi connectivity index (χ1n) is 9.87. The first-order chi connectivity index (χ1) is 15.5. The molecule has 0 atom stereocenters. The molecule has 164 valence electrons. The number of carbonyl (C=O) groups excluding carboxylic acids is 2. The van der Waals surface area contributed by atoms with Crippen LogP contribution in [0.2, 0.25) is 0 Å². The number of anilines is 1. The average Bonchev–Trinajstić information content (AvgIpc) is 2.81.